The van der Waals surface area contributed by atoms with Crippen LogP contribution in [0.2, 0.25) is 0 Å². The number of rotatable bonds is 8. The highest BCUT2D eigenvalue weighted by Crippen LogP contribution is 2.21. The number of fused-ring (bicyclic) bond motifs is 1. The lowest BCUT2D eigenvalue weighted by Gasteiger charge is -2.16. The van der Waals surface area contributed by atoms with Crippen molar-refractivity contribution in [1.82, 2.24) is 9.97 Å². The maximum absolute atomic E-state index is 5.53. The molecule has 2 aromatic heterocycles. The van der Waals surface area contributed by atoms with E-state index in [0.717, 1.165) is 59.0 Å². The topological polar surface area (TPSA) is 69.0 Å². The Hall–Kier alpha value is -3.54. The Labute approximate surface area is 189 Å². The van der Waals surface area contributed by atoms with Crippen molar-refractivity contribution in [2.24, 2.45) is 10.3 Å². The van der Waals surface area contributed by atoms with Gasteiger partial charge in [0, 0.05) is 17.7 Å². The van der Waals surface area contributed by atoms with Gasteiger partial charge in [0.15, 0.2) is 0 Å². The van der Waals surface area contributed by atoms with Crippen LogP contribution in [0.25, 0.3) is 11.3 Å². The van der Waals surface area contributed by atoms with Crippen LogP contribution >= 0.6 is 0 Å². The van der Waals surface area contributed by atoms with Crippen molar-refractivity contribution in [2.45, 2.75) is 39.5 Å². The molecule has 0 fully saturated rings. The Balaban J connectivity index is 1.25. The Morgan fingerprint density at radius 2 is 1.75 bits per heavy atom. The van der Waals surface area contributed by atoms with Crippen LogP contribution in [0.1, 0.15) is 48.8 Å². The summed E-state index contributed by atoms with van der Waals surface area (Å²) >= 11 is 0. The summed E-state index contributed by atoms with van der Waals surface area (Å²) in [4.78, 5) is 20.3. The van der Waals surface area contributed by atoms with Gasteiger partial charge in [-0.2, -0.15) is 0 Å². The second-order valence-electron chi connectivity index (χ2n) is 7.82. The molecule has 0 unspecified atom stereocenters. The predicted octanol–water partition coefficient (Wildman–Crippen LogP) is 5.34. The van der Waals surface area contributed by atoms with Crippen LogP contribution in [0.5, 0.6) is 0 Å². The number of hydrogen-bond acceptors (Lipinski definition) is 6. The molecule has 2 heterocycles. The summed E-state index contributed by atoms with van der Waals surface area (Å²) in [7, 11) is 0. The maximum atomic E-state index is 5.53. The van der Waals surface area contributed by atoms with Gasteiger partial charge in [0.25, 0.3) is 0 Å². The first-order valence-corrected chi connectivity index (χ1v) is 11.1. The van der Waals surface area contributed by atoms with E-state index in [2.05, 4.69) is 32.4 Å². The third-order valence-electron chi connectivity index (χ3n) is 5.29. The van der Waals surface area contributed by atoms with E-state index >= 15 is 0 Å². The Kier molecular flexibility index (Phi) is 7.23. The van der Waals surface area contributed by atoms with Crippen LogP contribution in [0.4, 0.5) is 0 Å². The average Bonchev–Trinajstić information content (AvgIpc) is 2.84. The molecule has 0 amide bonds. The van der Waals surface area contributed by atoms with Crippen molar-refractivity contribution in [3.05, 3.63) is 83.3 Å². The molecule has 1 aliphatic rings. The third kappa shape index (κ3) is 5.58. The highest BCUT2D eigenvalue weighted by atomic mass is 16.6. The number of pyridine rings is 2. The van der Waals surface area contributed by atoms with Gasteiger partial charge in [0.2, 0.25) is 0 Å². The zero-order valence-corrected chi connectivity index (χ0v) is 18.6. The molecule has 32 heavy (non-hydrogen) atoms. The third-order valence-corrected chi connectivity index (χ3v) is 5.29. The van der Waals surface area contributed by atoms with Gasteiger partial charge in [-0.25, -0.2) is 4.98 Å². The number of benzene rings is 1. The molecule has 6 heteroatoms. The van der Waals surface area contributed by atoms with Crippen LogP contribution in [0.3, 0.4) is 0 Å². The molecule has 1 aliphatic carbocycles. The van der Waals surface area contributed by atoms with Crippen LogP contribution in [0.15, 0.2) is 71.0 Å². The fourth-order valence-corrected chi connectivity index (χ4v) is 3.60. The number of aryl methyl sites for hydroxylation is 2. The highest BCUT2D eigenvalue weighted by Gasteiger charge is 2.17. The lowest BCUT2D eigenvalue weighted by Crippen LogP contribution is -2.15. The first kappa shape index (κ1) is 21.7. The average molecular weight is 429 g/mol. The van der Waals surface area contributed by atoms with Gasteiger partial charge in [-0.15, -0.1) is 0 Å². The second-order valence-corrected chi connectivity index (χ2v) is 7.82. The van der Waals surface area contributed by atoms with Gasteiger partial charge in [0.1, 0.15) is 24.6 Å². The van der Waals surface area contributed by atoms with Gasteiger partial charge >= 0.3 is 0 Å². The molecule has 1 aromatic carbocycles. The molecule has 3 aromatic rings. The monoisotopic (exact) mass is 428 g/mol. The number of oxime groups is 2. The fraction of sp³-hybridized carbons (Fsp3) is 0.308. The standard InChI is InChI=1S/C26H28N4O2/c1-19-15-16-22-11-6-14-25(26(22)27-19)30-32-18-8-17-31-29-20(2)23-12-7-13-24(28-23)21-9-4-3-5-10-21/h3-5,7,9-10,12-13,15-16H,6,8,11,14,17-18H2,1-2H3/b29-20+,30-25+. The smallest absolute Gasteiger partial charge is 0.120 e. The van der Waals surface area contributed by atoms with Gasteiger partial charge in [-0.05, 0) is 56.9 Å². The van der Waals surface area contributed by atoms with E-state index in [9.17, 15) is 0 Å². The summed E-state index contributed by atoms with van der Waals surface area (Å²) in [5.41, 5.74) is 7.71. The summed E-state index contributed by atoms with van der Waals surface area (Å²) < 4.78 is 0. The van der Waals surface area contributed by atoms with Crippen LogP contribution in [-0.2, 0) is 16.1 Å². The van der Waals surface area contributed by atoms with E-state index in [1.54, 1.807) is 0 Å². The van der Waals surface area contributed by atoms with Crippen molar-refractivity contribution in [1.29, 1.82) is 0 Å². The second kappa shape index (κ2) is 10.7. The summed E-state index contributed by atoms with van der Waals surface area (Å²) in [6, 6.07) is 20.2. The molecular formula is C26H28N4O2. The van der Waals surface area contributed by atoms with E-state index in [1.807, 2.05) is 62.4 Å². The van der Waals surface area contributed by atoms with Crippen LogP contribution in [-0.4, -0.2) is 34.6 Å². The summed E-state index contributed by atoms with van der Waals surface area (Å²) in [6.07, 6.45) is 3.73. The molecular weight excluding hydrogens is 400 g/mol. The van der Waals surface area contributed by atoms with Crippen molar-refractivity contribution in [3.63, 3.8) is 0 Å². The van der Waals surface area contributed by atoms with Crippen molar-refractivity contribution >= 4 is 11.4 Å². The molecule has 0 saturated carbocycles. The minimum atomic E-state index is 0.453. The minimum Gasteiger partial charge on any atom is -0.395 e. The first-order valence-electron chi connectivity index (χ1n) is 11.1. The summed E-state index contributed by atoms with van der Waals surface area (Å²) in [5.74, 6) is 0. The largest absolute Gasteiger partial charge is 0.395 e. The van der Waals surface area contributed by atoms with Gasteiger partial charge < -0.3 is 9.68 Å². The summed E-state index contributed by atoms with van der Waals surface area (Å²) in [6.45, 7) is 4.82. The van der Waals surface area contributed by atoms with E-state index in [-0.39, 0.29) is 0 Å². The quantitative estimate of drug-likeness (QED) is 0.276. The molecule has 6 nitrogen and oxygen atoms in total. The fourth-order valence-electron chi connectivity index (χ4n) is 3.60. The minimum absolute atomic E-state index is 0.453. The molecule has 0 saturated heterocycles. The molecule has 164 valence electrons. The predicted molar refractivity (Wildman–Crippen MR) is 127 cm³/mol. The summed E-state index contributed by atoms with van der Waals surface area (Å²) in [5, 5.41) is 8.55. The van der Waals surface area contributed by atoms with E-state index in [0.29, 0.717) is 19.6 Å². The lowest BCUT2D eigenvalue weighted by atomic mass is 9.94. The highest BCUT2D eigenvalue weighted by molar-refractivity contribution is 6.00. The van der Waals surface area contributed by atoms with Crippen molar-refractivity contribution in [3.8, 4) is 11.3 Å². The van der Waals surface area contributed by atoms with Crippen LogP contribution in [0, 0.1) is 6.92 Å². The molecule has 0 bridgehead atoms. The maximum Gasteiger partial charge on any atom is 0.120 e. The molecule has 4 rings (SSSR count). The molecule has 0 radical (unpaired) electrons. The van der Waals surface area contributed by atoms with Gasteiger partial charge in [-0.1, -0.05) is 52.8 Å². The van der Waals surface area contributed by atoms with E-state index in [1.165, 1.54) is 5.56 Å². The van der Waals surface area contributed by atoms with Gasteiger partial charge in [0.05, 0.1) is 17.1 Å². The van der Waals surface area contributed by atoms with Crippen molar-refractivity contribution in [2.75, 3.05) is 13.2 Å². The Morgan fingerprint density at radius 3 is 2.62 bits per heavy atom. The van der Waals surface area contributed by atoms with E-state index in [4.69, 9.17) is 9.68 Å². The zero-order chi connectivity index (χ0) is 22.2. The number of aromatic nitrogens is 2. The SMILES string of the molecule is C/C(=N\OCCCO/N=C1\CCCc2ccc(C)nc21)c1cccc(-c2ccccc2)n1. The zero-order valence-electron chi connectivity index (χ0n) is 18.6. The van der Waals surface area contributed by atoms with E-state index < -0.39 is 0 Å². The normalized spacial score (nSPS) is 14.8. The lowest BCUT2D eigenvalue weighted by molar-refractivity contribution is 0.0897. The Bertz CT molecular complexity index is 1110. The number of hydrogen-bond donors (Lipinski definition) is 0. The molecule has 0 aliphatic heterocycles. The van der Waals surface area contributed by atoms with Gasteiger partial charge in [-0.3, -0.25) is 4.98 Å². The van der Waals surface area contributed by atoms with Crippen molar-refractivity contribution < 1.29 is 9.68 Å². The van der Waals surface area contributed by atoms with Crippen LogP contribution < -0.4 is 0 Å². The molecule has 0 N–H and O–H groups in total. The first-order chi connectivity index (χ1) is 15.7. The molecule has 0 atom stereocenters. The number of nitrogens with zero attached hydrogens (tertiary/aromatic N) is 4. The molecule has 0 spiro atoms. The Morgan fingerprint density at radius 1 is 0.906 bits per heavy atom.